The molecule has 0 heterocycles. The predicted molar refractivity (Wildman–Crippen MR) is 114 cm³/mol. The molecule has 1 rings (SSSR count). The van der Waals surface area contributed by atoms with Crippen molar-refractivity contribution in [2.75, 3.05) is 12.4 Å². The number of terminal acetylenes is 1. The fourth-order valence-corrected chi connectivity index (χ4v) is 3.75. The van der Waals surface area contributed by atoms with E-state index < -0.39 is 5.41 Å². The first-order valence-corrected chi connectivity index (χ1v) is 10.5. The molecule has 0 amide bonds. The molecule has 1 aromatic rings. The largest absolute Gasteiger partial charge is 0.469 e. The number of alkyl halides is 1. The fraction of sp³-hybridized carbons (Fsp3) is 0.565. The molecule has 0 aliphatic heterocycles. The molecule has 1 aromatic carbocycles. The Balaban J connectivity index is 2.90. The smallest absolute Gasteiger partial charge is 0.305 e. The molecule has 0 spiro atoms. The minimum atomic E-state index is -0.551. The lowest BCUT2D eigenvalue weighted by molar-refractivity contribution is -0.140. The molecule has 0 N–H and O–H groups in total. The van der Waals surface area contributed by atoms with Gasteiger partial charge in [0, 0.05) is 11.8 Å². The second-order valence-corrected chi connectivity index (χ2v) is 8.46. The van der Waals surface area contributed by atoms with Gasteiger partial charge in [0.2, 0.25) is 0 Å². The van der Waals surface area contributed by atoms with E-state index in [4.69, 9.17) is 11.2 Å². The lowest BCUT2D eigenvalue weighted by Crippen LogP contribution is -2.34. The maximum atomic E-state index is 12.8. The predicted octanol–water partition coefficient (Wildman–Crippen LogP) is 5.23. The molecule has 1 atom stereocenters. The molecule has 0 aliphatic rings. The molecular weight excluding hydrogens is 404 g/mol. The summed E-state index contributed by atoms with van der Waals surface area (Å²) < 4.78 is 4.71. The summed E-state index contributed by atoms with van der Waals surface area (Å²) in [7, 11) is 1.39. The van der Waals surface area contributed by atoms with Gasteiger partial charge in [-0.15, -0.1) is 12.3 Å². The molecular formula is C23H31BrO3. The molecule has 0 aromatic heterocycles. The van der Waals surface area contributed by atoms with Crippen LogP contribution in [-0.4, -0.2) is 24.2 Å². The van der Waals surface area contributed by atoms with Crippen LogP contribution < -0.4 is 0 Å². The van der Waals surface area contributed by atoms with Crippen LogP contribution in [0.25, 0.3) is 0 Å². The van der Waals surface area contributed by atoms with Gasteiger partial charge in [-0.3, -0.25) is 9.59 Å². The van der Waals surface area contributed by atoms with E-state index in [2.05, 4.69) is 41.8 Å². The van der Waals surface area contributed by atoms with Gasteiger partial charge in [-0.05, 0) is 51.2 Å². The first kappa shape index (κ1) is 23.4. The number of hydrogen-bond donors (Lipinski definition) is 0. The van der Waals surface area contributed by atoms with Crippen LogP contribution >= 0.6 is 15.9 Å². The third-order valence-electron chi connectivity index (χ3n) is 5.27. The zero-order valence-corrected chi connectivity index (χ0v) is 18.5. The Morgan fingerprint density at radius 2 is 1.85 bits per heavy atom. The van der Waals surface area contributed by atoms with Crippen LogP contribution in [0.4, 0.5) is 0 Å². The summed E-state index contributed by atoms with van der Waals surface area (Å²) in [6, 6.07) is 8.01. The van der Waals surface area contributed by atoms with Crippen molar-refractivity contribution in [3.05, 3.63) is 35.4 Å². The number of esters is 1. The number of benzene rings is 1. The molecule has 1 unspecified atom stereocenters. The minimum Gasteiger partial charge on any atom is -0.469 e. The molecule has 0 saturated heterocycles. The summed E-state index contributed by atoms with van der Waals surface area (Å²) in [5, 5.41) is 0.325. The van der Waals surface area contributed by atoms with E-state index in [-0.39, 0.29) is 17.2 Å². The maximum Gasteiger partial charge on any atom is 0.305 e. The van der Waals surface area contributed by atoms with Crippen LogP contribution in [0, 0.1) is 17.8 Å². The van der Waals surface area contributed by atoms with Gasteiger partial charge in [-0.1, -0.05) is 53.0 Å². The second-order valence-electron chi connectivity index (χ2n) is 7.90. The van der Waals surface area contributed by atoms with E-state index in [0.29, 0.717) is 18.2 Å². The third-order valence-corrected chi connectivity index (χ3v) is 5.77. The summed E-state index contributed by atoms with van der Waals surface area (Å²) in [4.78, 5) is 24.2. The van der Waals surface area contributed by atoms with Crippen LogP contribution in [0.2, 0.25) is 0 Å². The second kappa shape index (κ2) is 10.7. The topological polar surface area (TPSA) is 43.4 Å². The number of ketones is 1. The van der Waals surface area contributed by atoms with E-state index in [9.17, 15) is 9.59 Å². The van der Waals surface area contributed by atoms with Crippen molar-refractivity contribution in [2.24, 2.45) is 5.41 Å². The number of halogens is 1. The average molecular weight is 435 g/mol. The van der Waals surface area contributed by atoms with Crippen LogP contribution in [0.3, 0.4) is 0 Å². The zero-order chi connectivity index (χ0) is 20.5. The number of aryl methyl sites for hydroxylation is 1. The Morgan fingerprint density at radius 3 is 2.44 bits per heavy atom. The highest BCUT2D eigenvalue weighted by Crippen LogP contribution is 2.33. The summed E-state index contributed by atoms with van der Waals surface area (Å²) in [6.07, 6.45) is 10.2. The van der Waals surface area contributed by atoms with Crippen molar-refractivity contribution < 1.29 is 14.3 Å². The molecule has 4 heteroatoms. The Bertz CT molecular complexity index is 687. The lowest BCUT2D eigenvalue weighted by Gasteiger charge is -2.29. The van der Waals surface area contributed by atoms with Crippen molar-refractivity contribution in [2.45, 2.75) is 64.7 Å². The zero-order valence-electron chi connectivity index (χ0n) is 16.9. The average Bonchev–Trinajstić information content (AvgIpc) is 2.68. The highest BCUT2D eigenvalue weighted by molar-refractivity contribution is 9.09. The number of unbranched alkanes of at least 4 members (excludes halogenated alkanes) is 1. The maximum absolute atomic E-state index is 12.8. The summed E-state index contributed by atoms with van der Waals surface area (Å²) in [6.45, 7) is 6.16. The minimum absolute atomic E-state index is 0.108. The van der Waals surface area contributed by atoms with Gasteiger partial charge < -0.3 is 4.74 Å². The van der Waals surface area contributed by atoms with E-state index in [1.165, 1.54) is 7.11 Å². The van der Waals surface area contributed by atoms with Crippen LogP contribution in [-0.2, 0) is 26.2 Å². The van der Waals surface area contributed by atoms with Gasteiger partial charge in [0.15, 0.2) is 5.78 Å². The SMILES string of the molecule is C#CC(C)(C)CCCCC(C)(C(=O)CBr)c1cccc(CCC(=O)OC)c1. The van der Waals surface area contributed by atoms with Crippen molar-refractivity contribution in [3.8, 4) is 12.3 Å². The van der Waals surface area contributed by atoms with Crippen molar-refractivity contribution in [3.63, 3.8) is 0 Å². The first-order valence-electron chi connectivity index (χ1n) is 9.42. The molecule has 0 bridgehead atoms. The summed E-state index contributed by atoms with van der Waals surface area (Å²) >= 11 is 3.34. The van der Waals surface area contributed by atoms with Gasteiger partial charge >= 0.3 is 5.97 Å². The van der Waals surface area contributed by atoms with Crippen LogP contribution in [0.1, 0.15) is 64.0 Å². The third kappa shape index (κ3) is 7.14. The highest BCUT2D eigenvalue weighted by atomic mass is 79.9. The van der Waals surface area contributed by atoms with Crippen LogP contribution in [0.15, 0.2) is 24.3 Å². The van der Waals surface area contributed by atoms with Crippen LogP contribution in [0.5, 0.6) is 0 Å². The number of Topliss-reactive ketones (excluding diaryl/α,β-unsaturated/α-hetero) is 1. The Morgan fingerprint density at radius 1 is 1.19 bits per heavy atom. The molecule has 3 nitrogen and oxygen atoms in total. The highest BCUT2D eigenvalue weighted by Gasteiger charge is 2.33. The lowest BCUT2D eigenvalue weighted by atomic mass is 9.74. The van der Waals surface area contributed by atoms with Crippen molar-refractivity contribution in [1.82, 2.24) is 0 Å². The quantitative estimate of drug-likeness (QED) is 0.207. The molecule has 148 valence electrons. The van der Waals surface area contributed by atoms with E-state index in [1.807, 2.05) is 25.1 Å². The summed E-state index contributed by atoms with van der Waals surface area (Å²) in [5.74, 6) is 2.77. The number of hydrogen-bond acceptors (Lipinski definition) is 3. The van der Waals surface area contributed by atoms with Gasteiger partial charge in [-0.25, -0.2) is 0 Å². The summed E-state index contributed by atoms with van der Waals surface area (Å²) in [5.41, 5.74) is 1.39. The van der Waals surface area contributed by atoms with E-state index in [1.54, 1.807) is 0 Å². The Hall–Kier alpha value is -1.60. The van der Waals surface area contributed by atoms with E-state index in [0.717, 1.165) is 36.8 Å². The number of rotatable bonds is 11. The van der Waals surface area contributed by atoms with Crippen molar-refractivity contribution >= 4 is 27.7 Å². The normalized spacial score (nSPS) is 13.5. The van der Waals surface area contributed by atoms with Gasteiger partial charge in [0.1, 0.15) is 0 Å². The monoisotopic (exact) mass is 434 g/mol. The number of carbonyl (C=O) groups is 2. The number of ether oxygens (including phenoxy) is 1. The van der Waals surface area contributed by atoms with E-state index >= 15 is 0 Å². The first-order chi connectivity index (χ1) is 12.7. The van der Waals surface area contributed by atoms with Gasteiger partial charge in [0.05, 0.1) is 17.9 Å². The Kier molecular flexibility index (Phi) is 9.26. The number of carbonyl (C=O) groups excluding carboxylic acids is 2. The number of methoxy groups -OCH3 is 1. The fourth-order valence-electron chi connectivity index (χ4n) is 3.13. The molecule has 0 radical (unpaired) electrons. The standard InChI is InChI=1S/C23H31BrO3/c1-6-22(2,3)14-7-8-15-23(4,20(25)17-24)19-11-9-10-18(16-19)12-13-21(26)27-5/h1,9-11,16H,7-8,12-15,17H2,2-5H3. The molecule has 0 aliphatic carbocycles. The Labute approximate surface area is 172 Å². The van der Waals surface area contributed by atoms with Crippen molar-refractivity contribution in [1.29, 1.82) is 0 Å². The van der Waals surface area contributed by atoms with Gasteiger partial charge in [0.25, 0.3) is 0 Å². The molecule has 27 heavy (non-hydrogen) atoms. The molecule has 0 fully saturated rings. The van der Waals surface area contributed by atoms with Gasteiger partial charge in [-0.2, -0.15) is 0 Å². The molecule has 0 saturated carbocycles.